The van der Waals surface area contributed by atoms with Gasteiger partial charge in [-0.3, -0.25) is 10.1 Å². The molecule has 1 saturated heterocycles. The molecule has 1 N–H and O–H groups in total. The zero-order chi connectivity index (χ0) is 14.9. The van der Waals surface area contributed by atoms with Crippen LogP contribution >= 0.6 is 0 Å². The van der Waals surface area contributed by atoms with Crippen LogP contribution in [0.15, 0.2) is 18.2 Å². The molecule has 0 bridgehead atoms. The van der Waals surface area contributed by atoms with Gasteiger partial charge in [0.15, 0.2) is 0 Å². The van der Waals surface area contributed by atoms with Crippen molar-refractivity contribution in [1.29, 1.82) is 0 Å². The maximum absolute atomic E-state index is 10.8. The van der Waals surface area contributed by atoms with E-state index in [1.807, 2.05) is 13.0 Å². The molecule has 0 radical (unpaired) electrons. The summed E-state index contributed by atoms with van der Waals surface area (Å²) >= 11 is 0. The minimum absolute atomic E-state index is 0.0879. The van der Waals surface area contributed by atoms with Crippen molar-refractivity contribution < 1.29 is 9.66 Å². The van der Waals surface area contributed by atoms with Gasteiger partial charge in [-0.2, -0.15) is 0 Å². The van der Waals surface area contributed by atoms with E-state index in [0.717, 1.165) is 30.7 Å². The van der Waals surface area contributed by atoms with Crippen LogP contribution in [0.5, 0.6) is 0 Å². The molecule has 5 heteroatoms. The Morgan fingerprint density at radius 2 is 2.14 bits per heavy atom. The molecular weight excluding hydrogens is 268 g/mol. The van der Waals surface area contributed by atoms with E-state index in [2.05, 4.69) is 5.32 Å². The topological polar surface area (TPSA) is 64.4 Å². The fourth-order valence-corrected chi connectivity index (χ4v) is 3.66. The minimum Gasteiger partial charge on any atom is -0.382 e. The summed E-state index contributed by atoms with van der Waals surface area (Å²) in [7, 11) is 0. The summed E-state index contributed by atoms with van der Waals surface area (Å²) in [5.41, 5.74) is 2.17. The van der Waals surface area contributed by atoms with E-state index >= 15 is 0 Å². The lowest BCUT2D eigenvalue weighted by Gasteiger charge is -2.39. The first kappa shape index (κ1) is 14.3. The molecule has 1 heterocycles. The summed E-state index contributed by atoms with van der Waals surface area (Å²) in [6.07, 6.45) is 6.92. The summed E-state index contributed by atoms with van der Waals surface area (Å²) in [5.74, 6) is 0. The predicted octanol–water partition coefficient (Wildman–Crippen LogP) is 3.81. The van der Waals surface area contributed by atoms with Crippen molar-refractivity contribution >= 4 is 11.4 Å². The van der Waals surface area contributed by atoms with E-state index < -0.39 is 0 Å². The second-order valence-corrected chi connectivity index (χ2v) is 6.33. The fraction of sp³-hybridized carbons (Fsp3) is 0.625. The number of ether oxygens (including phenoxy) is 1. The summed E-state index contributed by atoms with van der Waals surface area (Å²) in [5, 5.41) is 14.4. The normalized spacial score (nSPS) is 24.1. The molecule has 2 aliphatic rings. The monoisotopic (exact) mass is 290 g/mol. The van der Waals surface area contributed by atoms with E-state index in [1.54, 1.807) is 12.1 Å². The average molecular weight is 290 g/mol. The highest BCUT2D eigenvalue weighted by atomic mass is 16.6. The minimum atomic E-state index is -0.348. The Bertz CT molecular complexity index is 538. The molecule has 1 atom stereocenters. The molecule has 3 rings (SSSR count). The lowest BCUT2D eigenvalue weighted by Crippen LogP contribution is -2.42. The summed E-state index contributed by atoms with van der Waals surface area (Å²) < 4.78 is 6.05. The third-order valence-electron chi connectivity index (χ3n) is 4.79. The molecule has 5 nitrogen and oxygen atoms in total. The second kappa shape index (κ2) is 5.64. The quantitative estimate of drug-likeness (QED) is 0.679. The zero-order valence-electron chi connectivity index (χ0n) is 12.4. The van der Waals surface area contributed by atoms with Crippen LogP contribution in [0.2, 0.25) is 0 Å². The molecule has 2 fully saturated rings. The molecule has 1 spiro atoms. The van der Waals surface area contributed by atoms with Crippen LogP contribution in [0.4, 0.5) is 11.4 Å². The number of nitrogens with zero attached hydrogens (tertiary/aromatic N) is 1. The van der Waals surface area contributed by atoms with E-state index in [-0.39, 0.29) is 16.2 Å². The Hall–Kier alpha value is -1.62. The molecule has 1 aromatic carbocycles. The first-order valence-corrected chi connectivity index (χ1v) is 7.74. The average Bonchev–Trinajstić information content (AvgIpc) is 2.89. The van der Waals surface area contributed by atoms with Crippen molar-refractivity contribution in [2.45, 2.75) is 57.1 Å². The lowest BCUT2D eigenvalue weighted by atomic mass is 9.88. The third kappa shape index (κ3) is 3.02. The smallest absolute Gasteiger partial charge is 0.269 e. The van der Waals surface area contributed by atoms with Gasteiger partial charge in [-0.15, -0.1) is 0 Å². The van der Waals surface area contributed by atoms with E-state index in [4.69, 9.17) is 4.74 Å². The van der Waals surface area contributed by atoms with Gasteiger partial charge in [-0.1, -0.05) is 12.8 Å². The van der Waals surface area contributed by atoms with Crippen LogP contribution in [0.3, 0.4) is 0 Å². The van der Waals surface area contributed by atoms with Crippen LogP contribution in [-0.2, 0) is 4.74 Å². The van der Waals surface area contributed by atoms with Crippen LogP contribution < -0.4 is 5.32 Å². The molecule has 1 aliphatic heterocycles. The molecule has 1 aromatic rings. The molecular formula is C16H22N2O3. The number of non-ortho nitro benzene ring substituents is 1. The maximum atomic E-state index is 10.8. The van der Waals surface area contributed by atoms with Gasteiger partial charge in [0.1, 0.15) is 0 Å². The highest BCUT2D eigenvalue weighted by Crippen LogP contribution is 2.40. The molecule has 21 heavy (non-hydrogen) atoms. The second-order valence-electron chi connectivity index (χ2n) is 6.33. The predicted molar refractivity (Wildman–Crippen MR) is 81.6 cm³/mol. The van der Waals surface area contributed by atoms with Gasteiger partial charge < -0.3 is 10.1 Å². The van der Waals surface area contributed by atoms with Crippen molar-refractivity contribution in [1.82, 2.24) is 0 Å². The Kier molecular flexibility index (Phi) is 3.85. The summed E-state index contributed by atoms with van der Waals surface area (Å²) in [4.78, 5) is 10.4. The Morgan fingerprint density at radius 1 is 1.38 bits per heavy atom. The number of nitro groups is 1. The standard InChI is InChI=1S/C16H22N2O3/c1-12-10-14(18(19)20)4-5-15(12)17-13-6-9-21-16(11-13)7-2-3-8-16/h4-5,10,13,17H,2-3,6-9,11H2,1H3. The number of nitro benzene ring substituents is 1. The van der Waals surface area contributed by atoms with Crippen molar-refractivity contribution in [2.24, 2.45) is 0 Å². The van der Waals surface area contributed by atoms with E-state index in [1.165, 1.54) is 25.7 Å². The number of nitrogens with one attached hydrogen (secondary N) is 1. The van der Waals surface area contributed by atoms with Gasteiger partial charge in [0.05, 0.1) is 10.5 Å². The first-order valence-electron chi connectivity index (χ1n) is 7.74. The molecule has 1 unspecified atom stereocenters. The Labute approximate surface area is 124 Å². The van der Waals surface area contributed by atoms with Gasteiger partial charge in [-0.05, 0) is 44.2 Å². The highest BCUT2D eigenvalue weighted by molar-refractivity contribution is 5.56. The number of anilines is 1. The van der Waals surface area contributed by atoms with Crippen molar-refractivity contribution in [3.8, 4) is 0 Å². The van der Waals surface area contributed by atoms with Crippen molar-refractivity contribution in [3.63, 3.8) is 0 Å². The molecule has 1 saturated carbocycles. The van der Waals surface area contributed by atoms with Gasteiger partial charge in [-0.25, -0.2) is 0 Å². The number of rotatable bonds is 3. The van der Waals surface area contributed by atoms with Gasteiger partial charge >= 0.3 is 0 Å². The lowest BCUT2D eigenvalue weighted by molar-refractivity contribution is -0.384. The molecule has 1 aliphatic carbocycles. The first-order chi connectivity index (χ1) is 10.1. The number of benzene rings is 1. The SMILES string of the molecule is Cc1cc([N+](=O)[O-])ccc1NC1CCOC2(CCCC2)C1. The maximum Gasteiger partial charge on any atom is 0.269 e. The number of aryl methyl sites for hydroxylation is 1. The Balaban J connectivity index is 1.70. The van der Waals surface area contributed by atoms with Gasteiger partial charge in [0, 0.05) is 30.5 Å². The zero-order valence-corrected chi connectivity index (χ0v) is 12.4. The largest absolute Gasteiger partial charge is 0.382 e. The van der Waals surface area contributed by atoms with E-state index in [0.29, 0.717) is 6.04 Å². The van der Waals surface area contributed by atoms with Crippen LogP contribution in [-0.4, -0.2) is 23.2 Å². The van der Waals surface area contributed by atoms with Crippen molar-refractivity contribution in [3.05, 3.63) is 33.9 Å². The van der Waals surface area contributed by atoms with Gasteiger partial charge in [0.25, 0.3) is 5.69 Å². The highest BCUT2D eigenvalue weighted by Gasteiger charge is 2.39. The number of hydrogen-bond acceptors (Lipinski definition) is 4. The summed E-state index contributed by atoms with van der Waals surface area (Å²) in [6, 6.07) is 5.43. The fourth-order valence-electron chi connectivity index (χ4n) is 3.66. The van der Waals surface area contributed by atoms with Crippen LogP contribution in [0, 0.1) is 17.0 Å². The molecule has 0 amide bonds. The van der Waals surface area contributed by atoms with Crippen LogP contribution in [0.1, 0.15) is 44.1 Å². The molecule has 0 aromatic heterocycles. The van der Waals surface area contributed by atoms with E-state index in [9.17, 15) is 10.1 Å². The van der Waals surface area contributed by atoms with Crippen LogP contribution in [0.25, 0.3) is 0 Å². The van der Waals surface area contributed by atoms with Gasteiger partial charge in [0.2, 0.25) is 0 Å². The number of hydrogen-bond donors (Lipinski definition) is 1. The third-order valence-corrected chi connectivity index (χ3v) is 4.79. The van der Waals surface area contributed by atoms with Crippen molar-refractivity contribution in [2.75, 3.05) is 11.9 Å². The Morgan fingerprint density at radius 3 is 2.81 bits per heavy atom. The summed E-state index contributed by atoms with van der Waals surface area (Å²) in [6.45, 7) is 2.73. The molecule has 114 valence electrons.